The Kier molecular flexibility index (Phi) is 5.03. The predicted molar refractivity (Wildman–Crippen MR) is 91.5 cm³/mol. The van der Waals surface area contributed by atoms with Gasteiger partial charge in [0.1, 0.15) is 11.5 Å². The van der Waals surface area contributed by atoms with Crippen LogP contribution in [-0.2, 0) is 4.79 Å². The van der Waals surface area contributed by atoms with Crippen LogP contribution in [0.2, 0.25) is 0 Å². The zero-order valence-corrected chi connectivity index (χ0v) is 14.7. The molecule has 9 heteroatoms. The summed E-state index contributed by atoms with van der Waals surface area (Å²) in [6.07, 6.45) is 0. The molecule has 1 atom stereocenters. The third-order valence-electron chi connectivity index (χ3n) is 3.27. The van der Waals surface area contributed by atoms with E-state index in [0.717, 1.165) is 11.8 Å². The molecule has 0 aliphatic rings. The number of anilines is 1. The summed E-state index contributed by atoms with van der Waals surface area (Å²) in [7, 11) is 1.57. The molecule has 8 nitrogen and oxygen atoms in total. The van der Waals surface area contributed by atoms with Gasteiger partial charge in [0.25, 0.3) is 11.1 Å². The Bertz CT molecular complexity index is 876. The van der Waals surface area contributed by atoms with Crippen molar-refractivity contribution in [2.24, 2.45) is 0 Å². The van der Waals surface area contributed by atoms with Crippen LogP contribution in [0.4, 0.5) is 5.82 Å². The van der Waals surface area contributed by atoms with Crippen LogP contribution in [0, 0.1) is 6.92 Å². The van der Waals surface area contributed by atoms with Crippen molar-refractivity contribution in [3.63, 3.8) is 0 Å². The highest BCUT2D eigenvalue weighted by atomic mass is 32.2. The lowest BCUT2D eigenvalue weighted by Gasteiger charge is -2.07. The highest BCUT2D eigenvalue weighted by Gasteiger charge is 2.20. The van der Waals surface area contributed by atoms with E-state index in [1.807, 2.05) is 24.3 Å². The molecule has 25 heavy (non-hydrogen) atoms. The molecule has 0 spiro atoms. The maximum absolute atomic E-state index is 12.2. The predicted octanol–water partition coefficient (Wildman–Crippen LogP) is 3.16. The molecule has 0 aliphatic carbocycles. The van der Waals surface area contributed by atoms with E-state index in [1.54, 1.807) is 27.0 Å². The van der Waals surface area contributed by atoms with Crippen LogP contribution in [0.1, 0.15) is 12.7 Å². The average molecular weight is 360 g/mol. The number of ether oxygens (including phenoxy) is 1. The second-order valence-electron chi connectivity index (χ2n) is 5.15. The minimum Gasteiger partial charge on any atom is -0.496 e. The summed E-state index contributed by atoms with van der Waals surface area (Å²) in [4.78, 5) is 12.2. The molecule has 0 saturated heterocycles. The summed E-state index contributed by atoms with van der Waals surface area (Å²) < 4.78 is 15.8. The highest BCUT2D eigenvalue weighted by molar-refractivity contribution is 8.00. The minimum atomic E-state index is -0.456. The van der Waals surface area contributed by atoms with E-state index < -0.39 is 5.25 Å². The van der Waals surface area contributed by atoms with E-state index in [-0.39, 0.29) is 5.91 Å². The van der Waals surface area contributed by atoms with Crippen LogP contribution in [-0.4, -0.2) is 33.6 Å². The Morgan fingerprint density at radius 2 is 2.12 bits per heavy atom. The number of aromatic nitrogens is 3. The van der Waals surface area contributed by atoms with Gasteiger partial charge in [-0.1, -0.05) is 29.1 Å². The summed E-state index contributed by atoms with van der Waals surface area (Å²) in [5, 5.41) is 14.2. The maximum Gasteiger partial charge on any atom is 0.277 e. The Balaban J connectivity index is 1.67. The van der Waals surface area contributed by atoms with Crippen LogP contribution in [0.5, 0.6) is 5.75 Å². The zero-order valence-electron chi connectivity index (χ0n) is 13.8. The third-order valence-corrected chi connectivity index (χ3v) is 4.20. The van der Waals surface area contributed by atoms with Gasteiger partial charge in [-0.25, -0.2) is 0 Å². The van der Waals surface area contributed by atoms with Gasteiger partial charge in [-0.3, -0.25) is 4.79 Å². The monoisotopic (exact) mass is 360 g/mol. The Morgan fingerprint density at radius 3 is 2.84 bits per heavy atom. The van der Waals surface area contributed by atoms with Gasteiger partial charge < -0.3 is 19.0 Å². The molecule has 2 heterocycles. The normalized spacial score (nSPS) is 12.0. The second-order valence-corrected chi connectivity index (χ2v) is 6.44. The number of aryl methyl sites for hydroxylation is 1. The molecule has 3 rings (SSSR count). The molecule has 0 bridgehead atoms. The Labute approximate surface area is 147 Å². The van der Waals surface area contributed by atoms with E-state index in [2.05, 4.69) is 20.7 Å². The lowest BCUT2D eigenvalue weighted by molar-refractivity contribution is -0.115. The number of thioether (sulfide) groups is 1. The van der Waals surface area contributed by atoms with Gasteiger partial charge in [-0.15, -0.1) is 10.2 Å². The molecule has 130 valence electrons. The molecule has 0 radical (unpaired) electrons. The molecule has 3 aromatic rings. The van der Waals surface area contributed by atoms with Crippen molar-refractivity contribution >= 4 is 23.5 Å². The number of rotatable bonds is 6. The fourth-order valence-corrected chi connectivity index (χ4v) is 2.73. The number of amides is 1. The number of carbonyl (C=O) groups is 1. The second kappa shape index (κ2) is 7.39. The lowest BCUT2D eigenvalue weighted by Crippen LogP contribution is -2.22. The summed E-state index contributed by atoms with van der Waals surface area (Å²) >= 11 is 1.16. The van der Waals surface area contributed by atoms with Gasteiger partial charge >= 0.3 is 0 Å². The third kappa shape index (κ3) is 4.00. The van der Waals surface area contributed by atoms with Crippen molar-refractivity contribution in [3.05, 3.63) is 36.1 Å². The largest absolute Gasteiger partial charge is 0.496 e. The minimum absolute atomic E-state index is 0.240. The molecule has 1 N–H and O–H groups in total. The summed E-state index contributed by atoms with van der Waals surface area (Å²) in [6.45, 7) is 3.48. The van der Waals surface area contributed by atoms with Crippen molar-refractivity contribution in [2.45, 2.75) is 24.3 Å². The summed E-state index contributed by atoms with van der Waals surface area (Å²) in [5.41, 5.74) is 0.694. The maximum atomic E-state index is 12.2. The quantitative estimate of drug-likeness (QED) is 0.669. The van der Waals surface area contributed by atoms with E-state index in [9.17, 15) is 4.79 Å². The Morgan fingerprint density at radius 1 is 1.32 bits per heavy atom. The number of benzene rings is 1. The summed E-state index contributed by atoms with van der Waals surface area (Å²) in [6, 6.07) is 8.98. The topological polar surface area (TPSA) is 103 Å². The van der Waals surface area contributed by atoms with E-state index in [0.29, 0.717) is 34.0 Å². The van der Waals surface area contributed by atoms with Crippen molar-refractivity contribution in [2.75, 3.05) is 12.4 Å². The van der Waals surface area contributed by atoms with Crippen molar-refractivity contribution < 1.29 is 18.5 Å². The van der Waals surface area contributed by atoms with Crippen LogP contribution >= 0.6 is 11.8 Å². The number of hydrogen-bond acceptors (Lipinski definition) is 8. The molecule has 0 unspecified atom stereocenters. The van der Waals surface area contributed by atoms with Crippen LogP contribution in [0.25, 0.3) is 11.5 Å². The molecule has 0 fully saturated rings. The van der Waals surface area contributed by atoms with Crippen molar-refractivity contribution in [3.8, 4) is 17.2 Å². The van der Waals surface area contributed by atoms with Crippen LogP contribution in [0.15, 0.2) is 44.5 Å². The number of methoxy groups -OCH3 is 1. The lowest BCUT2D eigenvalue weighted by atomic mass is 10.2. The van der Waals surface area contributed by atoms with Crippen LogP contribution < -0.4 is 10.1 Å². The van der Waals surface area contributed by atoms with Gasteiger partial charge in [0.05, 0.1) is 17.9 Å². The zero-order chi connectivity index (χ0) is 17.8. The average Bonchev–Trinajstić information content (AvgIpc) is 3.23. The molecular weight excluding hydrogens is 344 g/mol. The molecular formula is C16H16N4O4S. The molecule has 1 aromatic carbocycles. The van der Waals surface area contributed by atoms with Gasteiger partial charge in [0.15, 0.2) is 5.82 Å². The van der Waals surface area contributed by atoms with Crippen molar-refractivity contribution in [1.82, 2.24) is 15.4 Å². The summed E-state index contributed by atoms with van der Waals surface area (Å²) in [5.74, 6) is 1.72. The standard InChI is InChI=1S/C16H16N4O4S/c1-9-8-13(20-24-9)17-14(21)10(2)25-16-19-18-15(23-16)11-6-4-5-7-12(11)22-3/h4-8,10H,1-3H3,(H,17,20,21)/t10-/m0/s1. The first-order valence-corrected chi connectivity index (χ1v) is 8.32. The smallest absolute Gasteiger partial charge is 0.277 e. The van der Waals surface area contributed by atoms with Gasteiger partial charge in [-0.05, 0) is 26.0 Å². The first kappa shape index (κ1) is 17.0. The number of hydrogen-bond donors (Lipinski definition) is 1. The number of carbonyl (C=O) groups excluding carboxylic acids is 1. The fraction of sp³-hybridized carbons (Fsp3) is 0.250. The van der Waals surface area contributed by atoms with Crippen molar-refractivity contribution in [1.29, 1.82) is 0 Å². The van der Waals surface area contributed by atoms with E-state index >= 15 is 0 Å². The molecule has 0 saturated carbocycles. The van der Waals surface area contributed by atoms with Crippen LogP contribution in [0.3, 0.4) is 0 Å². The highest BCUT2D eigenvalue weighted by Crippen LogP contribution is 2.31. The Hall–Kier alpha value is -2.81. The van der Waals surface area contributed by atoms with E-state index in [4.69, 9.17) is 13.7 Å². The van der Waals surface area contributed by atoms with Gasteiger partial charge in [0.2, 0.25) is 5.91 Å². The number of nitrogens with one attached hydrogen (secondary N) is 1. The number of nitrogens with zero attached hydrogens (tertiary/aromatic N) is 3. The molecule has 1 amide bonds. The first-order chi connectivity index (χ1) is 12.1. The van der Waals surface area contributed by atoms with Gasteiger partial charge in [-0.2, -0.15) is 0 Å². The van der Waals surface area contributed by atoms with E-state index in [1.165, 1.54) is 0 Å². The molecule has 0 aliphatic heterocycles. The first-order valence-electron chi connectivity index (χ1n) is 7.44. The molecule has 2 aromatic heterocycles. The fourth-order valence-electron chi connectivity index (χ4n) is 2.05. The SMILES string of the molecule is COc1ccccc1-c1nnc(S[C@@H](C)C(=O)Nc2cc(C)on2)o1. The van der Waals surface area contributed by atoms with Gasteiger partial charge in [0, 0.05) is 6.07 Å². The number of para-hydroxylation sites is 1.